The molecule has 0 saturated heterocycles. The molecule has 1 heterocycles. The van der Waals surface area contributed by atoms with Gasteiger partial charge >= 0.3 is 56.5 Å². The van der Waals surface area contributed by atoms with Gasteiger partial charge in [0.05, 0.1) is 6.61 Å². The third kappa shape index (κ3) is 14.7. The predicted molar refractivity (Wildman–Crippen MR) is 62.9 cm³/mol. The third-order valence-corrected chi connectivity index (χ3v) is 1.78. The smallest absolute Gasteiger partial charge is 0 e. The van der Waals surface area contributed by atoms with Crippen molar-refractivity contribution in [3.8, 4) is 11.5 Å². The standard InChI is InChI=1S/C9H10O3.5CO.Cr/c1-10-5-7-3-2-4-8-9(7)12-6-11-8;5*1-2;/h2-4H,5-6H2,1H3;;;;;;. The average Bonchev–Trinajstić information content (AvgIpc) is 3.14. The summed E-state index contributed by atoms with van der Waals surface area (Å²) < 4.78 is 53.0. The van der Waals surface area contributed by atoms with Crippen molar-refractivity contribution in [2.75, 3.05) is 13.9 Å². The summed E-state index contributed by atoms with van der Waals surface area (Å²) in [6.45, 7) is 23.4. The maximum absolute atomic E-state index is 7.50. The first-order chi connectivity index (χ1) is 10.9. The van der Waals surface area contributed by atoms with Gasteiger partial charge in [-0.2, -0.15) is 0 Å². The number of para-hydroxylation sites is 1. The molecule has 9 heteroatoms. The Bertz CT molecular complexity index is 441. The molecular formula is C14H10CrO8. The number of rotatable bonds is 2. The Balaban J connectivity index is -0.0000000852. The molecule has 0 spiro atoms. The SMILES string of the molecule is COCc1cccc2c1OCO2.[C-]#[O+].[C-]#[O+].[C-]#[O+].[C-]#[O+].[C-]#[O+].[Cr]. The summed E-state index contributed by atoms with van der Waals surface area (Å²) in [5.74, 6) is 1.63. The van der Waals surface area contributed by atoms with E-state index in [4.69, 9.17) is 37.5 Å². The molecule has 0 unspecified atom stereocenters. The molecule has 0 amide bonds. The Morgan fingerprint density at radius 2 is 1.39 bits per heavy atom. The largest absolute Gasteiger partial charge is 0 e. The molecule has 1 aliphatic rings. The van der Waals surface area contributed by atoms with Gasteiger partial charge < -0.3 is 14.2 Å². The molecule has 1 aliphatic heterocycles. The normalized spacial score (nSPS) is 7.43. The second-order valence-corrected chi connectivity index (χ2v) is 2.58. The first-order valence-corrected chi connectivity index (χ1v) is 4.80. The van der Waals surface area contributed by atoms with Gasteiger partial charge in [0.2, 0.25) is 6.79 Å². The molecule has 1 aromatic carbocycles. The van der Waals surface area contributed by atoms with Crippen LogP contribution >= 0.6 is 0 Å². The summed E-state index contributed by atoms with van der Waals surface area (Å²) in [4.78, 5) is 0. The van der Waals surface area contributed by atoms with Crippen LogP contribution in [0.1, 0.15) is 5.56 Å². The van der Waals surface area contributed by atoms with Crippen LogP contribution in [0.3, 0.4) is 0 Å². The van der Waals surface area contributed by atoms with Crippen LogP contribution in [0.5, 0.6) is 11.5 Å². The second-order valence-electron chi connectivity index (χ2n) is 2.58. The first-order valence-electron chi connectivity index (χ1n) is 4.80. The van der Waals surface area contributed by atoms with E-state index in [-0.39, 0.29) is 17.4 Å². The fourth-order valence-electron chi connectivity index (χ4n) is 1.26. The maximum atomic E-state index is 7.50. The quantitative estimate of drug-likeness (QED) is 0.585. The Morgan fingerprint density at radius 1 is 0.913 bits per heavy atom. The molecule has 0 aliphatic carbocycles. The van der Waals surface area contributed by atoms with Crippen LogP contribution in [-0.4, -0.2) is 13.9 Å². The van der Waals surface area contributed by atoms with Crippen LogP contribution in [0.15, 0.2) is 18.2 Å². The zero-order valence-electron chi connectivity index (χ0n) is 11.8. The molecule has 0 saturated carbocycles. The van der Waals surface area contributed by atoms with Crippen molar-refractivity contribution in [2.45, 2.75) is 6.61 Å². The second kappa shape index (κ2) is 32.1. The molecule has 0 radical (unpaired) electrons. The van der Waals surface area contributed by atoms with E-state index < -0.39 is 0 Å². The molecule has 0 fully saturated rings. The van der Waals surface area contributed by atoms with E-state index in [1.807, 2.05) is 18.2 Å². The van der Waals surface area contributed by atoms with E-state index >= 15 is 0 Å². The van der Waals surface area contributed by atoms with E-state index in [9.17, 15) is 0 Å². The number of methoxy groups -OCH3 is 1. The predicted octanol–water partition coefficient (Wildman–Crippen LogP) is 1.37. The zero-order chi connectivity index (χ0) is 18.4. The van der Waals surface area contributed by atoms with Crippen LogP contribution in [-0.2, 0) is 52.0 Å². The Morgan fingerprint density at radius 3 is 1.83 bits per heavy atom. The number of hydrogen-bond donors (Lipinski definition) is 0. The van der Waals surface area contributed by atoms with Crippen LogP contribution in [0.4, 0.5) is 0 Å². The third-order valence-electron chi connectivity index (χ3n) is 1.78. The van der Waals surface area contributed by atoms with Crippen molar-refractivity contribution < 1.29 is 54.8 Å². The summed E-state index contributed by atoms with van der Waals surface area (Å²) in [5.41, 5.74) is 1.03. The molecule has 120 valence electrons. The molecule has 0 aromatic heterocycles. The van der Waals surface area contributed by atoms with Crippen molar-refractivity contribution >= 4 is 0 Å². The van der Waals surface area contributed by atoms with Crippen molar-refractivity contribution in [3.63, 3.8) is 0 Å². The minimum absolute atomic E-state index is 0. The molecular weight excluding hydrogens is 348 g/mol. The summed E-state index contributed by atoms with van der Waals surface area (Å²) in [5, 5.41) is 0. The Labute approximate surface area is 144 Å². The van der Waals surface area contributed by atoms with Crippen molar-refractivity contribution in [1.29, 1.82) is 0 Å². The van der Waals surface area contributed by atoms with Crippen LogP contribution in [0, 0.1) is 33.3 Å². The van der Waals surface area contributed by atoms with Gasteiger partial charge in [0.25, 0.3) is 0 Å². The minimum Gasteiger partial charge on any atom is 0 e. The van der Waals surface area contributed by atoms with Gasteiger partial charge in [0.1, 0.15) is 0 Å². The number of benzene rings is 1. The summed E-state index contributed by atoms with van der Waals surface area (Å²) >= 11 is 0. The zero-order valence-corrected chi connectivity index (χ0v) is 13.1. The van der Waals surface area contributed by atoms with Gasteiger partial charge in [-0.1, -0.05) is 12.1 Å². The summed E-state index contributed by atoms with van der Waals surface area (Å²) in [6.07, 6.45) is 0. The van der Waals surface area contributed by atoms with Crippen molar-refractivity contribution in [1.82, 2.24) is 0 Å². The molecule has 1 aromatic rings. The minimum atomic E-state index is 0. The Hall–Kier alpha value is -1.99. The fraction of sp³-hybridized carbons (Fsp3) is 0.214. The number of hydrogen-bond acceptors (Lipinski definition) is 3. The average molecular weight is 358 g/mol. The molecule has 8 nitrogen and oxygen atoms in total. The van der Waals surface area contributed by atoms with Gasteiger partial charge in [-0.25, -0.2) is 0 Å². The number of fused-ring (bicyclic) bond motifs is 1. The monoisotopic (exact) mass is 358 g/mol. The van der Waals surface area contributed by atoms with Gasteiger partial charge in [-0.05, 0) is 6.07 Å². The number of ether oxygens (including phenoxy) is 3. The van der Waals surface area contributed by atoms with E-state index in [2.05, 4.69) is 33.3 Å². The van der Waals surface area contributed by atoms with E-state index in [1.54, 1.807) is 7.11 Å². The van der Waals surface area contributed by atoms with E-state index in [0.29, 0.717) is 13.4 Å². The van der Waals surface area contributed by atoms with Crippen LogP contribution < -0.4 is 9.47 Å². The molecule has 0 N–H and O–H groups in total. The molecule has 2 rings (SSSR count). The Kier molecular flexibility index (Phi) is 45.8. The topological polar surface area (TPSA) is 127 Å². The van der Waals surface area contributed by atoms with Gasteiger partial charge in [-0.15, -0.1) is 0 Å². The van der Waals surface area contributed by atoms with Gasteiger partial charge in [0, 0.05) is 30.0 Å². The fourth-order valence-corrected chi connectivity index (χ4v) is 1.26. The van der Waals surface area contributed by atoms with Crippen LogP contribution in [0.25, 0.3) is 0 Å². The molecule has 0 atom stereocenters. The van der Waals surface area contributed by atoms with Gasteiger partial charge in [0.15, 0.2) is 11.5 Å². The first kappa shape index (κ1) is 32.8. The summed E-state index contributed by atoms with van der Waals surface area (Å²) in [6, 6.07) is 5.79. The molecule has 23 heavy (non-hydrogen) atoms. The molecule has 0 bridgehead atoms. The van der Waals surface area contributed by atoms with E-state index in [0.717, 1.165) is 17.1 Å². The van der Waals surface area contributed by atoms with Gasteiger partial charge in [-0.3, -0.25) is 0 Å². The van der Waals surface area contributed by atoms with Crippen molar-refractivity contribution in [2.24, 2.45) is 0 Å². The van der Waals surface area contributed by atoms with E-state index in [1.165, 1.54) is 0 Å². The van der Waals surface area contributed by atoms with Crippen molar-refractivity contribution in [3.05, 3.63) is 57.0 Å². The maximum Gasteiger partial charge on any atom is 0 e. The summed E-state index contributed by atoms with van der Waals surface area (Å²) in [7, 11) is 1.66. The van der Waals surface area contributed by atoms with Crippen LogP contribution in [0.2, 0.25) is 0 Å².